The molecule has 0 fully saturated rings. The molecule has 0 bridgehead atoms. The standard InChI is InChI=1S/C15H18N2O3/c1-3-10(2)11-4-6-12(7-5-11)15(16)13-8-9-14(20-13)17(18)19/h4-10,15H,3,16H2,1-2H3. The highest BCUT2D eigenvalue weighted by atomic mass is 16.6. The van der Waals surface area contributed by atoms with E-state index in [1.807, 2.05) is 24.3 Å². The lowest BCUT2D eigenvalue weighted by atomic mass is 9.96. The predicted octanol–water partition coefficient (Wildman–Crippen LogP) is 3.75. The van der Waals surface area contributed by atoms with E-state index < -0.39 is 11.0 Å². The molecule has 0 saturated carbocycles. The van der Waals surface area contributed by atoms with E-state index in [0.717, 1.165) is 12.0 Å². The van der Waals surface area contributed by atoms with E-state index in [4.69, 9.17) is 10.2 Å². The highest BCUT2D eigenvalue weighted by Gasteiger charge is 2.18. The molecule has 106 valence electrons. The van der Waals surface area contributed by atoms with E-state index in [1.54, 1.807) is 6.07 Å². The third kappa shape index (κ3) is 2.88. The van der Waals surface area contributed by atoms with Crippen molar-refractivity contribution >= 4 is 5.88 Å². The third-order valence-corrected chi connectivity index (χ3v) is 3.58. The summed E-state index contributed by atoms with van der Waals surface area (Å²) in [7, 11) is 0. The van der Waals surface area contributed by atoms with E-state index in [9.17, 15) is 10.1 Å². The number of hydrogen-bond donors (Lipinski definition) is 1. The largest absolute Gasteiger partial charge is 0.433 e. The van der Waals surface area contributed by atoms with Crippen LogP contribution in [-0.2, 0) is 0 Å². The van der Waals surface area contributed by atoms with Gasteiger partial charge in [-0.25, -0.2) is 0 Å². The van der Waals surface area contributed by atoms with Gasteiger partial charge in [-0.3, -0.25) is 10.1 Å². The van der Waals surface area contributed by atoms with Crippen LogP contribution in [0.2, 0.25) is 0 Å². The fourth-order valence-corrected chi connectivity index (χ4v) is 2.04. The highest BCUT2D eigenvalue weighted by molar-refractivity contribution is 5.32. The van der Waals surface area contributed by atoms with Crippen molar-refractivity contribution in [2.45, 2.75) is 32.2 Å². The number of furan rings is 1. The molecule has 2 N–H and O–H groups in total. The topological polar surface area (TPSA) is 82.3 Å². The normalized spacial score (nSPS) is 13.9. The molecule has 2 aromatic rings. The van der Waals surface area contributed by atoms with Gasteiger partial charge in [0, 0.05) is 0 Å². The van der Waals surface area contributed by atoms with E-state index in [-0.39, 0.29) is 5.88 Å². The maximum absolute atomic E-state index is 10.6. The van der Waals surface area contributed by atoms with E-state index in [2.05, 4.69) is 13.8 Å². The zero-order chi connectivity index (χ0) is 14.7. The van der Waals surface area contributed by atoms with Gasteiger partial charge in [0.05, 0.1) is 12.1 Å². The summed E-state index contributed by atoms with van der Waals surface area (Å²) in [4.78, 5) is 10.0. The van der Waals surface area contributed by atoms with Crippen molar-refractivity contribution in [3.05, 3.63) is 63.4 Å². The molecule has 0 aliphatic carbocycles. The molecule has 5 nitrogen and oxygen atoms in total. The van der Waals surface area contributed by atoms with Gasteiger partial charge in [0.1, 0.15) is 10.7 Å². The monoisotopic (exact) mass is 274 g/mol. The Labute approximate surface area is 117 Å². The molecule has 1 aromatic carbocycles. The molecule has 5 heteroatoms. The molecule has 1 heterocycles. The minimum absolute atomic E-state index is 0.285. The molecule has 2 atom stereocenters. The molecule has 2 rings (SSSR count). The van der Waals surface area contributed by atoms with Gasteiger partial charge in [-0.15, -0.1) is 0 Å². The minimum atomic E-state index is -0.567. The summed E-state index contributed by atoms with van der Waals surface area (Å²) in [5.74, 6) is 0.615. The van der Waals surface area contributed by atoms with Gasteiger partial charge < -0.3 is 10.2 Å². The number of hydrogen-bond acceptors (Lipinski definition) is 4. The van der Waals surface area contributed by atoms with Crippen LogP contribution in [0.3, 0.4) is 0 Å². The Morgan fingerprint density at radius 3 is 2.30 bits per heavy atom. The van der Waals surface area contributed by atoms with Gasteiger partial charge in [0.15, 0.2) is 0 Å². The second-order valence-electron chi connectivity index (χ2n) is 4.89. The lowest BCUT2D eigenvalue weighted by Gasteiger charge is -2.12. The first-order valence-corrected chi connectivity index (χ1v) is 6.62. The summed E-state index contributed by atoms with van der Waals surface area (Å²) in [6.07, 6.45) is 1.08. The Bertz CT molecular complexity index is 589. The zero-order valence-corrected chi connectivity index (χ0v) is 11.6. The average molecular weight is 274 g/mol. The molecule has 20 heavy (non-hydrogen) atoms. The molecule has 0 aliphatic rings. The summed E-state index contributed by atoms with van der Waals surface area (Å²) in [6.45, 7) is 4.32. The quantitative estimate of drug-likeness (QED) is 0.665. The second-order valence-corrected chi connectivity index (χ2v) is 4.89. The average Bonchev–Trinajstić information content (AvgIpc) is 2.96. The molecular weight excluding hydrogens is 256 g/mol. The molecule has 0 radical (unpaired) electrons. The summed E-state index contributed by atoms with van der Waals surface area (Å²) in [5.41, 5.74) is 8.21. The Hall–Kier alpha value is -2.14. The Morgan fingerprint density at radius 2 is 1.80 bits per heavy atom. The van der Waals surface area contributed by atoms with Gasteiger partial charge in [-0.1, -0.05) is 38.1 Å². The first-order valence-electron chi connectivity index (χ1n) is 6.62. The summed E-state index contributed by atoms with van der Waals surface area (Å²) < 4.78 is 5.14. The van der Waals surface area contributed by atoms with Crippen LogP contribution < -0.4 is 5.73 Å². The maximum atomic E-state index is 10.6. The molecule has 2 unspecified atom stereocenters. The zero-order valence-electron chi connectivity index (χ0n) is 11.6. The van der Waals surface area contributed by atoms with Crippen LogP contribution in [0.15, 0.2) is 40.8 Å². The van der Waals surface area contributed by atoms with Crippen molar-refractivity contribution in [3.63, 3.8) is 0 Å². The van der Waals surface area contributed by atoms with Gasteiger partial charge in [0.2, 0.25) is 0 Å². The highest BCUT2D eigenvalue weighted by Crippen LogP contribution is 2.26. The Morgan fingerprint density at radius 1 is 1.20 bits per heavy atom. The van der Waals surface area contributed by atoms with Crippen LogP contribution in [0, 0.1) is 10.1 Å². The van der Waals surface area contributed by atoms with Crippen LogP contribution >= 0.6 is 0 Å². The summed E-state index contributed by atoms with van der Waals surface area (Å²) in [6, 6.07) is 10.4. The van der Waals surface area contributed by atoms with Crippen molar-refractivity contribution in [2.24, 2.45) is 5.73 Å². The van der Waals surface area contributed by atoms with Crippen molar-refractivity contribution in [3.8, 4) is 0 Å². The lowest BCUT2D eigenvalue weighted by Crippen LogP contribution is -2.11. The second kappa shape index (κ2) is 5.88. The SMILES string of the molecule is CCC(C)c1ccc(C(N)c2ccc([N+](=O)[O-])o2)cc1. The molecule has 0 amide bonds. The predicted molar refractivity (Wildman–Crippen MR) is 76.5 cm³/mol. The molecule has 0 spiro atoms. The smallest absolute Gasteiger partial charge is 0.404 e. The third-order valence-electron chi connectivity index (χ3n) is 3.58. The Kier molecular flexibility index (Phi) is 4.20. The Balaban J connectivity index is 2.19. The number of nitro groups is 1. The number of nitrogens with two attached hydrogens (primary N) is 1. The first-order chi connectivity index (χ1) is 9.52. The van der Waals surface area contributed by atoms with Crippen LogP contribution in [-0.4, -0.2) is 4.92 Å². The van der Waals surface area contributed by atoms with Crippen LogP contribution in [0.5, 0.6) is 0 Å². The van der Waals surface area contributed by atoms with Gasteiger partial charge in [-0.2, -0.15) is 0 Å². The van der Waals surface area contributed by atoms with E-state index >= 15 is 0 Å². The molecule has 1 aromatic heterocycles. The fraction of sp³-hybridized carbons (Fsp3) is 0.333. The number of nitrogens with zero attached hydrogens (tertiary/aromatic N) is 1. The number of rotatable bonds is 5. The summed E-state index contributed by atoms with van der Waals surface area (Å²) in [5, 5.41) is 10.6. The van der Waals surface area contributed by atoms with Gasteiger partial charge in [0.25, 0.3) is 0 Å². The van der Waals surface area contributed by atoms with Gasteiger partial charge >= 0.3 is 5.88 Å². The number of benzene rings is 1. The van der Waals surface area contributed by atoms with Crippen LogP contribution in [0.1, 0.15) is 49.1 Å². The van der Waals surface area contributed by atoms with Crippen molar-refractivity contribution in [1.29, 1.82) is 0 Å². The first kappa shape index (κ1) is 14.3. The minimum Gasteiger partial charge on any atom is -0.404 e. The van der Waals surface area contributed by atoms with Gasteiger partial charge in [-0.05, 0) is 29.5 Å². The fourth-order valence-electron chi connectivity index (χ4n) is 2.04. The summed E-state index contributed by atoms with van der Waals surface area (Å²) >= 11 is 0. The van der Waals surface area contributed by atoms with Crippen molar-refractivity contribution in [2.75, 3.05) is 0 Å². The van der Waals surface area contributed by atoms with Crippen molar-refractivity contribution in [1.82, 2.24) is 0 Å². The maximum Gasteiger partial charge on any atom is 0.433 e. The molecule has 0 aliphatic heterocycles. The van der Waals surface area contributed by atoms with E-state index in [1.165, 1.54) is 11.6 Å². The van der Waals surface area contributed by atoms with Crippen molar-refractivity contribution < 1.29 is 9.34 Å². The van der Waals surface area contributed by atoms with Crippen LogP contribution in [0.4, 0.5) is 5.88 Å². The van der Waals surface area contributed by atoms with Crippen LogP contribution in [0.25, 0.3) is 0 Å². The van der Waals surface area contributed by atoms with E-state index in [0.29, 0.717) is 11.7 Å². The molecule has 0 saturated heterocycles. The molecular formula is C15H18N2O3. The lowest BCUT2D eigenvalue weighted by molar-refractivity contribution is -0.402.